The number of carbonyl (C=O) groups excluding carboxylic acids is 2. The van der Waals surface area contributed by atoms with Gasteiger partial charge in [-0.2, -0.15) is 0 Å². The van der Waals surface area contributed by atoms with E-state index in [1.165, 1.54) is 0 Å². The number of aliphatic imine (C=N–C) groups is 1. The van der Waals surface area contributed by atoms with Crippen LogP contribution < -0.4 is 10.9 Å². The Hall–Kier alpha value is -4.00. The number of hydrogen-bond acceptors (Lipinski definition) is 4. The Bertz CT molecular complexity index is 1450. The lowest BCUT2D eigenvalue weighted by atomic mass is 9.72. The lowest BCUT2D eigenvalue weighted by Crippen LogP contribution is -2.51. The predicted octanol–water partition coefficient (Wildman–Crippen LogP) is 3.84. The molecule has 1 unspecified atom stereocenters. The maximum absolute atomic E-state index is 12.6. The molecule has 32 heavy (non-hydrogen) atoms. The van der Waals surface area contributed by atoms with Crippen LogP contribution in [-0.2, 0) is 15.0 Å². The predicted molar refractivity (Wildman–Crippen MR) is 124 cm³/mol. The zero-order valence-corrected chi connectivity index (χ0v) is 17.6. The monoisotopic (exact) mass is 426 g/mol. The van der Waals surface area contributed by atoms with E-state index in [1.54, 1.807) is 6.21 Å². The highest BCUT2D eigenvalue weighted by Crippen LogP contribution is 2.36. The number of H-pyrrole nitrogens is 2. The van der Waals surface area contributed by atoms with Crippen molar-refractivity contribution in [3.63, 3.8) is 0 Å². The second-order valence-corrected chi connectivity index (χ2v) is 8.11. The van der Waals surface area contributed by atoms with Gasteiger partial charge in [-0.1, -0.05) is 25.1 Å². The third-order valence-corrected chi connectivity index (χ3v) is 6.44. The van der Waals surface area contributed by atoms with Gasteiger partial charge in [0.05, 0.1) is 16.7 Å². The molecule has 1 saturated heterocycles. The van der Waals surface area contributed by atoms with Crippen molar-refractivity contribution in [3.05, 3.63) is 76.2 Å². The van der Waals surface area contributed by atoms with Crippen LogP contribution in [0.5, 0.6) is 0 Å². The van der Waals surface area contributed by atoms with Gasteiger partial charge in [0, 0.05) is 40.6 Å². The van der Waals surface area contributed by atoms with E-state index < -0.39 is 5.41 Å². The molecule has 1 aliphatic heterocycles. The number of fused-ring (bicyclic) bond motifs is 3. The molecule has 2 aromatic carbocycles. The summed E-state index contributed by atoms with van der Waals surface area (Å²) in [6.45, 7) is 1.95. The molecule has 0 bridgehead atoms. The minimum Gasteiger partial charge on any atom is -0.361 e. The number of aromatic amines is 2. The summed E-state index contributed by atoms with van der Waals surface area (Å²) in [6, 6.07) is 15.1. The smallest absolute Gasteiger partial charge is 0.257 e. The van der Waals surface area contributed by atoms with Crippen molar-refractivity contribution >= 4 is 45.5 Å². The Morgan fingerprint density at radius 2 is 1.81 bits per heavy atom. The zero-order valence-electron chi connectivity index (χ0n) is 17.6. The van der Waals surface area contributed by atoms with Crippen molar-refractivity contribution in [3.8, 4) is 0 Å². The Morgan fingerprint density at radius 1 is 1.03 bits per heavy atom. The van der Waals surface area contributed by atoms with Gasteiger partial charge < -0.3 is 9.97 Å². The van der Waals surface area contributed by atoms with E-state index in [9.17, 15) is 14.4 Å². The van der Waals surface area contributed by atoms with Crippen LogP contribution in [0.1, 0.15) is 37.3 Å². The molecule has 2 aromatic heterocycles. The third-order valence-electron chi connectivity index (χ3n) is 6.44. The van der Waals surface area contributed by atoms with Crippen LogP contribution in [-0.4, -0.2) is 28.0 Å². The second-order valence-electron chi connectivity index (χ2n) is 8.11. The number of imide groups is 1. The van der Waals surface area contributed by atoms with E-state index in [-0.39, 0.29) is 17.4 Å². The molecule has 2 amide bonds. The van der Waals surface area contributed by atoms with Gasteiger partial charge in [-0.25, -0.2) is 0 Å². The molecule has 0 saturated carbocycles. The number of carbonyl (C=O) groups is 2. The van der Waals surface area contributed by atoms with E-state index in [1.807, 2.05) is 61.7 Å². The third kappa shape index (κ3) is 3.13. The summed E-state index contributed by atoms with van der Waals surface area (Å²) < 4.78 is 0. The van der Waals surface area contributed by atoms with Crippen LogP contribution in [0.4, 0.5) is 5.69 Å². The van der Waals surface area contributed by atoms with Gasteiger partial charge in [0.1, 0.15) is 0 Å². The first-order valence-electron chi connectivity index (χ1n) is 10.6. The average molecular weight is 426 g/mol. The summed E-state index contributed by atoms with van der Waals surface area (Å²) in [4.78, 5) is 47.4. The van der Waals surface area contributed by atoms with Crippen molar-refractivity contribution in [2.45, 2.75) is 31.6 Å². The highest BCUT2D eigenvalue weighted by Gasteiger charge is 2.42. The van der Waals surface area contributed by atoms with Crippen LogP contribution in [0.2, 0.25) is 0 Å². The minimum atomic E-state index is -0.704. The molecule has 0 spiro atoms. The molecular formula is C25H22N4O3. The van der Waals surface area contributed by atoms with Crippen molar-refractivity contribution < 1.29 is 9.59 Å². The fraction of sp³-hybridized carbons (Fsp3) is 0.200. The van der Waals surface area contributed by atoms with Gasteiger partial charge in [-0.15, -0.1) is 0 Å². The van der Waals surface area contributed by atoms with Gasteiger partial charge in [-0.3, -0.25) is 24.7 Å². The lowest BCUT2D eigenvalue weighted by Gasteiger charge is -2.34. The topological polar surface area (TPSA) is 107 Å². The van der Waals surface area contributed by atoms with Crippen LogP contribution in [0.3, 0.4) is 0 Å². The number of pyridine rings is 1. The molecular weight excluding hydrogens is 404 g/mol. The summed E-state index contributed by atoms with van der Waals surface area (Å²) in [6.07, 6.45) is 4.87. The van der Waals surface area contributed by atoms with E-state index in [0.29, 0.717) is 30.5 Å². The Labute approximate surface area is 183 Å². The molecule has 1 aliphatic rings. The van der Waals surface area contributed by atoms with Gasteiger partial charge in [0.25, 0.3) is 5.56 Å². The first kappa shape index (κ1) is 19.9. The van der Waals surface area contributed by atoms with Gasteiger partial charge >= 0.3 is 0 Å². The number of nitrogens with zero attached hydrogens (tertiary/aromatic N) is 1. The highest BCUT2D eigenvalue weighted by molar-refractivity contribution is 6.13. The normalized spacial score (nSPS) is 19.2. The van der Waals surface area contributed by atoms with Crippen molar-refractivity contribution in [2.75, 3.05) is 0 Å². The number of nitrogens with one attached hydrogen (secondary N) is 3. The number of benzene rings is 2. The second kappa shape index (κ2) is 7.60. The number of aromatic nitrogens is 2. The van der Waals surface area contributed by atoms with Crippen LogP contribution >= 0.6 is 0 Å². The molecule has 1 fully saturated rings. The Balaban J connectivity index is 1.50. The molecule has 1 atom stereocenters. The molecule has 4 aromatic rings. The molecule has 0 radical (unpaired) electrons. The summed E-state index contributed by atoms with van der Waals surface area (Å²) in [5.41, 5.74) is 2.85. The fourth-order valence-corrected chi connectivity index (χ4v) is 4.59. The van der Waals surface area contributed by atoms with Crippen LogP contribution in [0, 0.1) is 0 Å². The van der Waals surface area contributed by atoms with Crippen molar-refractivity contribution in [1.29, 1.82) is 0 Å². The first-order chi connectivity index (χ1) is 15.5. The molecule has 7 heteroatoms. The van der Waals surface area contributed by atoms with Crippen molar-refractivity contribution in [2.24, 2.45) is 4.99 Å². The fourth-order valence-electron chi connectivity index (χ4n) is 4.59. The maximum Gasteiger partial charge on any atom is 0.257 e. The largest absolute Gasteiger partial charge is 0.361 e. The molecule has 0 aliphatic carbocycles. The summed E-state index contributed by atoms with van der Waals surface area (Å²) >= 11 is 0. The van der Waals surface area contributed by atoms with Crippen molar-refractivity contribution in [1.82, 2.24) is 15.3 Å². The Kier molecular flexibility index (Phi) is 4.74. The number of hydrogen-bond donors (Lipinski definition) is 3. The van der Waals surface area contributed by atoms with Gasteiger partial charge in [0.15, 0.2) is 0 Å². The van der Waals surface area contributed by atoms with E-state index in [4.69, 9.17) is 0 Å². The number of piperidine rings is 1. The average Bonchev–Trinajstić information content (AvgIpc) is 3.14. The quantitative estimate of drug-likeness (QED) is 0.341. The standard InChI is InChI=1S/C25H22N4O3/c1-2-25(12-11-21(30)29-24(25)32)15-5-7-16(8-6-15)27-14-18-22-17-4-3-13-26-19(17)9-10-20(22)28-23(18)31/h3-10,13-14,26H,2,11-12H2,1H3,(H,28,31)(H,29,30,32). The summed E-state index contributed by atoms with van der Waals surface area (Å²) in [7, 11) is 0. The lowest BCUT2D eigenvalue weighted by molar-refractivity contribution is -0.138. The summed E-state index contributed by atoms with van der Waals surface area (Å²) in [5, 5.41) is 4.25. The number of amides is 2. The molecule has 5 rings (SSSR count). The Morgan fingerprint density at radius 3 is 2.56 bits per heavy atom. The van der Waals surface area contributed by atoms with Gasteiger partial charge in [0.2, 0.25) is 11.8 Å². The SMILES string of the molecule is CCC1(c2ccc(N=Cc3c(=O)[nH]c4ccc5[nH]cccc5c34)cc2)CCC(=O)NC1=O. The molecule has 3 heterocycles. The van der Waals surface area contributed by atoms with E-state index >= 15 is 0 Å². The maximum atomic E-state index is 12.6. The summed E-state index contributed by atoms with van der Waals surface area (Å²) in [5.74, 6) is -0.469. The van der Waals surface area contributed by atoms with E-state index in [2.05, 4.69) is 20.3 Å². The highest BCUT2D eigenvalue weighted by atomic mass is 16.2. The minimum absolute atomic E-state index is 0.190. The van der Waals surface area contributed by atoms with Crippen LogP contribution in [0.15, 0.2) is 64.5 Å². The zero-order chi connectivity index (χ0) is 22.3. The van der Waals surface area contributed by atoms with E-state index in [0.717, 1.165) is 27.4 Å². The van der Waals surface area contributed by atoms with Crippen LogP contribution in [0.25, 0.3) is 21.8 Å². The molecule has 160 valence electrons. The number of rotatable bonds is 4. The molecule has 3 N–H and O–H groups in total. The van der Waals surface area contributed by atoms with Gasteiger partial charge in [-0.05, 0) is 48.7 Å². The molecule has 7 nitrogen and oxygen atoms in total. The first-order valence-corrected chi connectivity index (χ1v) is 10.6.